The molecule has 1 unspecified atom stereocenters. The van der Waals surface area contributed by atoms with Gasteiger partial charge in [0.1, 0.15) is 0 Å². The lowest BCUT2D eigenvalue weighted by molar-refractivity contribution is 0.151. The van der Waals surface area contributed by atoms with Crippen molar-refractivity contribution in [3.8, 4) is 0 Å². The third-order valence-electron chi connectivity index (χ3n) is 4.03. The zero-order valence-corrected chi connectivity index (χ0v) is 16.9. The average Bonchev–Trinajstić information content (AvgIpc) is 2.57. The molecule has 6 heteroatoms. The second-order valence-electron chi connectivity index (χ2n) is 6.44. The van der Waals surface area contributed by atoms with Crippen molar-refractivity contribution in [2.45, 2.75) is 47.9 Å². The van der Waals surface area contributed by atoms with E-state index in [9.17, 15) is 8.78 Å². The van der Waals surface area contributed by atoms with Gasteiger partial charge in [-0.1, -0.05) is 41.6 Å². The second kappa shape index (κ2) is 9.32. The van der Waals surface area contributed by atoms with Gasteiger partial charge in [0, 0.05) is 25.9 Å². The molecule has 136 valence electrons. The molecule has 2 aromatic carbocycles. The van der Waals surface area contributed by atoms with Gasteiger partial charge < -0.3 is 5.73 Å². The van der Waals surface area contributed by atoms with Crippen LogP contribution in [0.25, 0.3) is 0 Å². The molecule has 0 aliphatic heterocycles. The van der Waals surface area contributed by atoms with E-state index in [0.717, 1.165) is 40.8 Å². The van der Waals surface area contributed by atoms with E-state index in [-0.39, 0.29) is 11.1 Å². The van der Waals surface area contributed by atoms with Gasteiger partial charge in [0.2, 0.25) is 0 Å². The number of nitrogens with two attached hydrogens (primary N) is 1. The highest BCUT2D eigenvalue weighted by Gasteiger charge is 2.15. The highest BCUT2D eigenvalue weighted by atomic mass is 35.5. The van der Waals surface area contributed by atoms with Crippen molar-refractivity contribution in [1.82, 2.24) is 0 Å². The molecule has 0 spiro atoms. The maximum Gasteiger partial charge on any atom is 0.263 e. The van der Waals surface area contributed by atoms with Crippen molar-refractivity contribution < 1.29 is 8.78 Å². The van der Waals surface area contributed by atoms with Crippen LogP contribution in [0, 0.1) is 0 Å². The predicted octanol–water partition coefficient (Wildman–Crippen LogP) is 6.34. The summed E-state index contributed by atoms with van der Waals surface area (Å²) in [6.45, 7) is 2.05. The number of alkyl halides is 2. The van der Waals surface area contributed by atoms with E-state index >= 15 is 0 Å². The molecule has 0 saturated carbocycles. The van der Waals surface area contributed by atoms with Crippen molar-refractivity contribution >= 4 is 32.6 Å². The number of halogens is 3. The summed E-state index contributed by atoms with van der Waals surface area (Å²) in [6, 6.07) is 12.3. The fourth-order valence-electron chi connectivity index (χ4n) is 2.43. The zero-order valence-electron chi connectivity index (χ0n) is 14.1. The van der Waals surface area contributed by atoms with Crippen LogP contribution in [-0.2, 0) is 6.42 Å². The number of aryl methyl sites for hydroxylation is 1. The minimum absolute atomic E-state index is 0.0339. The second-order valence-corrected chi connectivity index (χ2v) is 8.40. The summed E-state index contributed by atoms with van der Waals surface area (Å²) in [5.74, 6) is 0. The van der Waals surface area contributed by atoms with E-state index in [1.165, 1.54) is 23.9 Å². The van der Waals surface area contributed by atoms with Crippen LogP contribution < -0.4 is 5.73 Å². The Morgan fingerprint density at radius 3 is 2.56 bits per heavy atom. The van der Waals surface area contributed by atoms with E-state index in [4.69, 9.17) is 17.3 Å². The molecule has 1 nitrogen and oxygen atoms in total. The molecule has 25 heavy (non-hydrogen) atoms. The lowest BCUT2D eigenvalue weighted by Gasteiger charge is -2.22. The summed E-state index contributed by atoms with van der Waals surface area (Å²) in [5, 5.41) is 0.708. The van der Waals surface area contributed by atoms with Gasteiger partial charge in [0.25, 0.3) is 6.43 Å². The summed E-state index contributed by atoms with van der Waals surface area (Å²) >= 11 is 7.83. The van der Waals surface area contributed by atoms with E-state index in [2.05, 4.69) is 16.2 Å². The maximum atomic E-state index is 12.8. The first-order valence-corrected chi connectivity index (χ1v) is 10.2. The quantitative estimate of drug-likeness (QED) is 0.522. The Labute approximate surface area is 159 Å². The Bertz CT molecular complexity index is 710. The summed E-state index contributed by atoms with van der Waals surface area (Å²) in [4.78, 5) is 1.72. The number of hydrogen-bond donors (Lipinski definition) is 1. The van der Waals surface area contributed by atoms with Gasteiger partial charge >= 0.3 is 0 Å². The molecule has 2 aromatic rings. The van der Waals surface area contributed by atoms with Gasteiger partial charge in [0.15, 0.2) is 0 Å². The number of hydrogen-bond acceptors (Lipinski definition) is 2. The highest BCUT2D eigenvalue weighted by Crippen LogP contribution is 2.33. The van der Waals surface area contributed by atoms with Crippen LogP contribution in [0.1, 0.15) is 37.3 Å². The Balaban J connectivity index is 2.00. The summed E-state index contributed by atoms with van der Waals surface area (Å²) in [7, 11) is 2.69. The first-order valence-electron chi connectivity index (χ1n) is 8.14. The molecule has 0 amide bonds. The molecule has 2 rings (SSSR count). The van der Waals surface area contributed by atoms with Crippen LogP contribution in [0.15, 0.2) is 52.3 Å². The molecule has 0 radical (unpaired) electrons. The van der Waals surface area contributed by atoms with E-state index in [1.807, 2.05) is 24.3 Å². The molecule has 0 saturated heterocycles. The SMILES string of the molecule is C[C@](N)(CP)CCCc1ccc(Sc2cccc(C(F)F)c2)cc1Cl. The summed E-state index contributed by atoms with van der Waals surface area (Å²) in [6.07, 6.45) is 1.20. The molecular formula is C19H23ClF2NPS. The Morgan fingerprint density at radius 1 is 1.20 bits per heavy atom. The van der Waals surface area contributed by atoms with Crippen LogP contribution in [0.2, 0.25) is 5.02 Å². The Kier molecular flexibility index (Phi) is 7.69. The number of benzene rings is 2. The number of rotatable bonds is 8. The standard InChI is InChI=1S/C19H23ClF2NPS/c1-19(23,12-24)9-3-5-13-7-8-16(11-17(13)20)25-15-6-2-4-14(10-15)18(21)22/h2,4,6-8,10-11,18H,3,5,9,12,23-24H2,1H3/t19-/m1/s1. The molecule has 2 atom stereocenters. The molecule has 0 heterocycles. The van der Waals surface area contributed by atoms with Gasteiger partial charge in [-0.3, -0.25) is 0 Å². The van der Waals surface area contributed by atoms with Crippen LogP contribution >= 0.6 is 32.6 Å². The van der Waals surface area contributed by atoms with Crippen LogP contribution in [0.5, 0.6) is 0 Å². The van der Waals surface area contributed by atoms with Crippen molar-refractivity contribution in [1.29, 1.82) is 0 Å². The predicted molar refractivity (Wildman–Crippen MR) is 107 cm³/mol. The van der Waals surface area contributed by atoms with Gasteiger partial charge in [0.05, 0.1) is 0 Å². The first-order chi connectivity index (χ1) is 11.8. The summed E-state index contributed by atoms with van der Waals surface area (Å²) < 4.78 is 25.6. The Hall–Kier alpha value is -0.670. The molecule has 0 aromatic heterocycles. The van der Waals surface area contributed by atoms with Crippen molar-refractivity contribution in [3.63, 3.8) is 0 Å². The van der Waals surface area contributed by atoms with Crippen LogP contribution in [-0.4, -0.2) is 11.7 Å². The minimum atomic E-state index is -2.46. The Morgan fingerprint density at radius 2 is 1.92 bits per heavy atom. The fraction of sp³-hybridized carbons (Fsp3) is 0.368. The molecule has 0 aliphatic carbocycles. The molecule has 0 aliphatic rings. The van der Waals surface area contributed by atoms with E-state index < -0.39 is 6.43 Å². The third kappa shape index (κ3) is 6.53. The third-order valence-corrected chi connectivity index (χ3v) is 6.29. The van der Waals surface area contributed by atoms with Gasteiger partial charge in [-0.05, 0) is 62.2 Å². The van der Waals surface area contributed by atoms with Crippen molar-refractivity contribution in [2.24, 2.45) is 5.73 Å². The largest absolute Gasteiger partial charge is 0.325 e. The fourth-order valence-corrected chi connectivity index (χ4v) is 3.90. The van der Waals surface area contributed by atoms with Gasteiger partial charge in [-0.25, -0.2) is 8.78 Å². The topological polar surface area (TPSA) is 26.0 Å². The lowest BCUT2D eigenvalue weighted by atomic mass is 9.96. The lowest BCUT2D eigenvalue weighted by Crippen LogP contribution is -2.37. The van der Waals surface area contributed by atoms with E-state index in [0.29, 0.717) is 5.02 Å². The van der Waals surface area contributed by atoms with Crippen molar-refractivity contribution in [3.05, 3.63) is 58.6 Å². The zero-order chi connectivity index (χ0) is 18.4. The van der Waals surface area contributed by atoms with Crippen LogP contribution in [0.4, 0.5) is 8.78 Å². The van der Waals surface area contributed by atoms with Crippen LogP contribution in [0.3, 0.4) is 0 Å². The smallest absolute Gasteiger partial charge is 0.263 e. The minimum Gasteiger partial charge on any atom is -0.325 e. The summed E-state index contributed by atoms with van der Waals surface area (Å²) in [5.41, 5.74) is 7.11. The normalized spacial score (nSPS) is 13.9. The monoisotopic (exact) mass is 401 g/mol. The van der Waals surface area contributed by atoms with Crippen molar-refractivity contribution in [2.75, 3.05) is 6.16 Å². The average molecular weight is 402 g/mol. The molecule has 0 fully saturated rings. The molecule has 2 N–H and O–H groups in total. The maximum absolute atomic E-state index is 12.8. The first kappa shape index (κ1) is 20.6. The van der Waals surface area contributed by atoms with Gasteiger partial charge in [-0.2, -0.15) is 0 Å². The molecular weight excluding hydrogens is 379 g/mol. The van der Waals surface area contributed by atoms with Gasteiger partial charge in [-0.15, -0.1) is 9.24 Å². The highest BCUT2D eigenvalue weighted by molar-refractivity contribution is 7.99. The van der Waals surface area contributed by atoms with E-state index in [1.54, 1.807) is 6.07 Å². The molecule has 0 bridgehead atoms.